The maximum absolute atomic E-state index is 13.8. The molecule has 1 aliphatic carbocycles. The van der Waals surface area contributed by atoms with E-state index in [1.807, 2.05) is 13.8 Å². The summed E-state index contributed by atoms with van der Waals surface area (Å²) in [5.74, 6) is 0.103. The van der Waals surface area contributed by atoms with E-state index >= 15 is 0 Å². The van der Waals surface area contributed by atoms with Crippen LogP contribution in [-0.4, -0.2) is 12.0 Å². The van der Waals surface area contributed by atoms with Gasteiger partial charge in [0.15, 0.2) is 11.6 Å². The van der Waals surface area contributed by atoms with Crippen molar-refractivity contribution >= 4 is 5.91 Å². The first kappa shape index (κ1) is 14.8. The normalized spacial score (nSPS) is 15.6. The zero-order valence-corrected chi connectivity index (χ0v) is 12.1. The van der Waals surface area contributed by atoms with Gasteiger partial charge in [-0.15, -0.1) is 0 Å². The molecular formula is C16H22FNO2. The number of benzene rings is 1. The van der Waals surface area contributed by atoms with Gasteiger partial charge in [-0.2, -0.15) is 0 Å². The van der Waals surface area contributed by atoms with Crippen molar-refractivity contribution in [3.05, 3.63) is 29.6 Å². The Morgan fingerprint density at radius 2 is 2.10 bits per heavy atom. The summed E-state index contributed by atoms with van der Waals surface area (Å²) in [6.07, 6.45) is 4.15. The summed E-state index contributed by atoms with van der Waals surface area (Å²) in [5.41, 5.74) is 0.755. The average Bonchev–Trinajstić information content (AvgIpc) is 2.92. The summed E-state index contributed by atoms with van der Waals surface area (Å²) < 4.78 is 19.1. The predicted octanol–water partition coefficient (Wildman–Crippen LogP) is 3.42. The standard InChI is InChI=1S/C16H22FNO2/c1-11(2)20-15-8-7-12(9-14(15)17)10-18-16(19)13-5-3-4-6-13/h7-9,11,13H,3-6,10H2,1-2H3,(H,18,19). The number of nitrogens with one attached hydrogen (secondary N) is 1. The second kappa shape index (κ2) is 6.73. The van der Waals surface area contributed by atoms with Gasteiger partial charge in [-0.3, -0.25) is 4.79 Å². The third kappa shape index (κ3) is 3.95. The number of rotatable bonds is 5. The highest BCUT2D eigenvalue weighted by Crippen LogP contribution is 2.25. The van der Waals surface area contributed by atoms with E-state index < -0.39 is 0 Å². The topological polar surface area (TPSA) is 38.3 Å². The van der Waals surface area contributed by atoms with Crippen LogP contribution in [0.3, 0.4) is 0 Å². The summed E-state index contributed by atoms with van der Waals surface area (Å²) in [7, 11) is 0. The van der Waals surface area contributed by atoms with E-state index in [4.69, 9.17) is 4.74 Å². The molecular weight excluding hydrogens is 257 g/mol. The lowest BCUT2D eigenvalue weighted by Gasteiger charge is -2.13. The highest BCUT2D eigenvalue weighted by Gasteiger charge is 2.22. The maximum atomic E-state index is 13.8. The third-order valence-electron chi connectivity index (χ3n) is 3.55. The van der Waals surface area contributed by atoms with Gasteiger partial charge in [0.1, 0.15) is 0 Å². The molecule has 2 rings (SSSR count). The minimum Gasteiger partial charge on any atom is -0.488 e. The van der Waals surface area contributed by atoms with Crippen LogP contribution in [0.15, 0.2) is 18.2 Å². The molecule has 1 saturated carbocycles. The van der Waals surface area contributed by atoms with Crippen molar-refractivity contribution in [3.8, 4) is 5.75 Å². The van der Waals surface area contributed by atoms with Crippen LogP contribution in [0, 0.1) is 11.7 Å². The van der Waals surface area contributed by atoms with Crippen molar-refractivity contribution in [1.82, 2.24) is 5.32 Å². The fourth-order valence-electron chi connectivity index (χ4n) is 2.53. The molecule has 0 unspecified atom stereocenters. The second-order valence-electron chi connectivity index (χ2n) is 5.63. The molecule has 0 aromatic heterocycles. The highest BCUT2D eigenvalue weighted by molar-refractivity contribution is 5.78. The first-order chi connectivity index (χ1) is 9.56. The van der Waals surface area contributed by atoms with Crippen molar-refractivity contribution in [1.29, 1.82) is 0 Å². The van der Waals surface area contributed by atoms with Gasteiger partial charge in [0.25, 0.3) is 0 Å². The Balaban J connectivity index is 1.89. The van der Waals surface area contributed by atoms with E-state index in [9.17, 15) is 9.18 Å². The Kier molecular flexibility index (Phi) is 4.99. The number of amides is 1. The molecule has 0 atom stereocenters. The molecule has 1 aromatic carbocycles. The first-order valence-corrected chi connectivity index (χ1v) is 7.29. The molecule has 0 radical (unpaired) electrons. The van der Waals surface area contributed by atoms with Crippen molar-refractivity contribution in [2.24, 2.45) is 5.92 Å². The lowest BCUT2D eigenvalue weighted by molar-refractivity contribution is -0.124. The fourth-order valence-corrected chi connectivity index (χ4v) is 2.53. The van der Waals surface area contributed by atoms with Crippen molar-refractivity contribution in [3.63, 3.8) is 0 Å². The second-order valence-corrected chi connectivity index (χ2v) is 5.63. The van der Waals surface area contributed by atoms with E-state index in [1.165, 1.54) is 6.07 Å². The summed E-state index contributed by atoms with van der Waals surface area (Å²) in [6.45, 7) is 4.08. The molecule has 1 fully saturated rings. The molecule has 0 bridgehead atoms. The van der Waals surface area contributed by atoms with Gasteiger partial charge in [0.05, 0.1) is 6.10 Å². The molecule has 3 nitrogen and oxygen atoms in total. The van der Waals surface area contributed by atoms with Gasteiger partial charge in [-0.1, -0.05) is 18.9 Å². The summed E-state index contributed by atoms with van der Waals surface area (Å²) >= 11 is 0. The molecule has 110 valence electrons. The molecule has 0 saturated heterocycles. The van der Waals surface area contributed by atoms with Crippen molar-refractivity contribution < 1.29 is 13.9 Å². The van der Waals surface area contributed by atoms with Crippen LogP contribution in [0.1, 0.15) is 45.1 Å². The number of carbonyl (C=O) groups is 1. The third-order valence-corrected chi connectivity index (χ3v) is 3.55. The number of hydrogen-bond donors (Lipinski definition) is 1. The van der Waals surface area contributed by atoms with Gasteiger partial charge >= 0.3 is 0 Å². The van der Waals surface area contributed by atoms with Gasteiger partial charge in [0.2, 0.25) is 5.91 Å². The SMILES string of the molecule is CC(C)Oc1ccc(CNC(=O)C2CCCC2)cc1F. The van der Waals surface area contributed by atoms with E-state index in [-0.39, 0.29) is 29.5 Å². The molecule has 1 aromatic rings. The van der Waals surface area contributed by atoms with Crippen LogP contribution < -0.4 is 10.1 Å². The maximum Gasteiger partial charge on any atom is 0.223 e. The number of hydrogen-bond acceptors (Lipinski definition) is 2. The summed E-state index contributed by atoms with van der Waals surface area (Å²) in [6, 6.07) is 4.83. The molecule has 0 spiro atoms. The summed E-state index contributed by atoms with van der Waals surface area (Å²) in [5, 5.41) is 2.88. The van der Waals surface area contributed by atoms with Crippen LogP contribution in [-0.2, 0) is 11.3 Å². The van der Waals surface area contributed by atoms with Gasteiger partial charge in [-0.25, -0.2) is 4.39 Å². The average molecular weight is 279 g/mol. The first-order valence-electron chi connectivity index (χ1n) is 7.29. The van der Waals surface area contributed by atoms with Crippen LogP contribution in [0.25, 0.3) is 0 Å². The fraction of sp³-hybridized carbons (Fsp3) is 0.562. The molecule has 1 N–H and O–H groups in total. The number of halogens is 1. The highest BCUT2D eigenvalue weighted by atomic mass is 19.1. The molecule has 20 heavy (non-hydrogen) atoms. The number of ether oxygens (including phenoxy) is 1. The van der Waals surface area contributed by atoms with Gasteiger partial charge < -0.3 is 10.1 Å². The monoisotopic (exact) mass is 279 g/mol. The van der Waals surface area contributed by atoms with Crippen molar-refractivity contribution in [2.45, 2.75) is 52.2 Å². The van der Waals surface area contributed by atoms with Crippen molar-refractivity contribution in [2.75, 3.05) is 0 Å². The smallest absolute Gasteiger partial charge is 0.223 e. The van der Waals surface area contributed by atoms with E-state index in [1.54, 1.807) is 12.1 Å². The molecule has 0 heterocycles. The quantitative estimate of drug-likeness (QED) is 0.897. The van der Waals surface area contributed by atoms with Crippen LogP contribution in [0.5, 0.6) is 5.75 Å². The predicted molar refractivity (Wildman–Crippen MR) is 76.0 cm³/mol. The molecule has 0 aliphatic heterocycles. The van der Waals surface area contributed by atoms with Gasteiger partial charge in [0, 0.05) is 12.5 Å². The van der Waals surface area contributed by atoms with E-state index in [2.05, 4.69) is 5.32 Å². The Labute approximate surface area is 119 Å². The van der Waals surface area contributed by atoms with Crippen LogP contribution in [0.2, 0.25) is 0 Å². The zero-order chi connectivity index (χ0) is 14.5. The van der Waals surface area contributed by atoms with E-state index in [0.29, 0.717) is 6.54 Å². The Morgan fingerprint density at radius 3 is 2.70 bits per heavy atom. The lowest BCUT2D eigenvalue weighted by Crippen LogP contribution is -2.28. The minimum atomic E-state index is -0.383. The zero-order valence-electron chi connectivity index (χ0n) is 12.1. The Hall–Kier alpha value is -1.58. The van der Waals surface area contributed by atoms with Crippen LogP contribution >= 0.6 is 0 Å². The summed E-state index contributed by atoms with van der Waals surface area (Å²) in [4.78, 5) is 11.9. The minimum absolute atomic E-state index is 0.0579. The van der Waals surface area contributed by atoms with Gasteiger partial charge in [-0.05, 0) is 44.4 Å². The van der Waals surface area contributed by atoms with E-state index in [0.717, 1.165) is 31.2 Å². The molecule has 1 amide bonds. The lowest BCUT2D eigenvalue weighted by atomic mass is 10.1. The van der Waals surface area contributed by atoms with Crippen LogP contribution in [0.4, 0.5) is 4.39 Å². The Morgan fingerprint density at radius 1 is 1.40 bits per heavy atom. The largest absolute Gasteiger partial charge is 0.488 e. The molecule has 1 aliphatic rings. The Bertz CT molecular complexity index is 468. The number of carbonyl (C=O) groups excluding carboxylic acids is 1. The molecule has 4 heteroatoms.